The van der Waals surface area contributed by atoms with Gasteiger partial charge in [-0.1, -0.05) is 12.1 Å². The number of carbonyl (C=O) groups excluding carboxylic acids is 1. The van der Waals surface area contributed by atoms with E-state index < -0.39 is 0 Å². The third kappa shape index (κ3) is 1.96. The van der Waals surface area contributed by atoms with Crippen molar-refractivity contribution in [1.82, 2.24) is 0 Å². The lowest BCUT2D eigenvalue weighted by Crippen LogP contribution is -2.00. The van der Waals surface area contributed by atoms with Crippen molar-refractivity contribution >= 4 is 16.8 Å². The van der Waals surface area contributed by atoms with E-state index in [1.165, 1.54) is 0 Å². The van der Waals surface area contributed by atoms with Crippen LogP contribution >= 0.6 is 0 Å². The SMILES string of the molecule is Cc1ccc(C(=O)c2cc3cc4c(cc3o2)OCO4)cc1C. The fourth-order valence-corrected chi connectivity index (χ4v) is 2.57. The molecular formula is C18H14O4. The van der Waals surface area contributed by atoms with Crippen molar-refractivity contribution in [1.29, 1.82) is 0 Å². The lowest BCUT2D eigenvalue weighted by Gasteiger charge is -2.02. The van der Waals surface area contributed by atoms with E-state index in [-0.39, 0.29) is 12.6 Å². The highest BCUT2D eigenvalue weighted by Gasteiger charge is 2.19. The zero-order valence-corrected chi connectivity index (χ0v) is 12.3. The Morgan fingerprint density at radius 1 is 0.955 bits per heavy atom. The van der Waals surface area contributed by atoms with Crippen LogP contribution in [0.4, 0.5) is 0 Å². The summed E-state index contributed by atoms with van der Waals surface area (Å²) in [6.07, 6.45) is 0. The Morgan fingerprint density at radius 3 is 2.50 bits per heavy atom. The van der Waals surface area contributed by atoms with E-state index in [4.69, 9.17) is 13.9 Å². The Kier molecular flexibility index (Phi) is 2.73. The molecule has 4 heteroatoms. The molecule has 22 heavy (non-hydrogen) atoms. The van der Waals surface area contributed by atoms with E-state index in [0.29, 0.717) is 28.4 Å². The summed E-state index contributed by atoms with van der Waals surface area (Å²) in [7, 11) is 0. The van der Waals surface area contributed by atoms with Gasteiger partial charge in [-0.2, -0.15) is 0 Å². The quantitative estimate of drug-likeness (QED) is 0.670. The third-order valence-corrected chi connectivity index (χ3v) is 4.00. The Hall–Kier alpha value is -2.75. The average Bonchev–Trinajstić information content (AvgIpc) is 3.12. The summed E-state index contributed by atoms with van der Waals surface area (Å²) in [5.74, 6) is 1.52. The van der Waals surface area contributed by atoms with Gasteiger partial charge in [-0.15, -0.1) is 0 Å². The Balaban J connectivity index is 1.77. The van der Waals surface area contributed by atoms with Gasteiger partial charge >= 0.3 is 0 Å². The number of rotatable bonds is 2. The fourth-order valence-electron chi connectivity index (χ4n) is 2.57. The van der Waals surface area contributed by atoms with Crippen molar-refractivity contribution in [2.45, 2.75) is 13.8 Å². The summed E-state index contributed by atoms with van der Waals surface area (Å²) in [4.78, 5) is 12.6. The maximum absolute atomic E-state index is 12.6. The minimum absolute atomic E-state index is 0.124. The Morgan fingerprint density at radius 2 is 1.73 bits per heavy atom. The molecule has 1 aromatic heterocycles. The summed E-state index contributed by atoms with van der Waals surface area (Å²) in [6.45, 7) is 4.23. The first-order valence-corrected chi connectivity index (χ1v) is 7.07. The molecule has 0 radical (unpaired) electrons. The summed E-state index contributed by atoms with van der Waals surface area (Å²) in [5.41, 5.74) is 3.49. The predicted octanol–water partition coefficient (Wildman–Crippen LogP) is 4.01. The average molecular weight is 294 g/mol. The molecule has 0 unspecified atom stereocenters. The molecule has 2 heterocycles. The van der Waals surface area contributed by atoms with E-state index in [9.17, 15) is 4.79 Å². The highest BCUT2D eigenvalue weighted by Crippen LogP contribution is 2.37. The van der Waals surface area contributed by atoms with E-state index >= 15 is 0 Å². The molecule has 3 aromatic rings. The van der Waals surface area contributed by atoms with Crippen LogP contribution in [0.5, 0.6) is 11.5 Å². The third-order valence-electron chi connectivity index (χ3n) is 4.00. The number of carbonyl (C=O) groups is 1. The molecule has 0 spiro atoms. The van der Waals surface area contributed by atoms with Crippen molar-refractivity contribution in [2.24, 2.45) is 0 Å². The Bertz CT molecular complexity index is 864. The second-order valence-corrected chi connectivity index (χ2v) is 5.48. The fraction of sp³-hybridized carbons (Fsp3) is 0.167. The van der Waals surface area contributed by atoms with Crippen LogP contribution < -0.4 is 9.47 Å². The molecule has 2 aromatic carbocycles. The molecule has 0 saturated heterocycles. The van der Waals surface area contributed by atoms with Gasteiger partial charge in [0.15, 0.2) is 17.3 Å². The van der Waals surface area contributed by atoms with Gasteiger partial charge in [0.2, 0.25) is 12.6 Å². The van der Waals surface area contributed by atoms with Gasteiger partial charge in [0.1, 0.15) is 5.58 Å². The summed E-state index contributed by atoms with van der Waals surface area (Å²) in [6, 6.07) is 11.0. The van der Waals surface area contributed by atoms with E-state index in [1.807, 2.05) is 38.1 Å². The van der Waals surface area contributed by atoms with E-state index in [2.05, 4.69) is 0 Å². The minimum Gasteiger partial charge on any atom is -0.454 e. The first kappa shape index (κ1) is 13.0. The number of furan rings is 1. The Labute approximate surface area is 127 Å². The molecule has 4 nitrogen and oxygen atoms in total. The zero-order valence-electron chi connectivity index (χ0n) is 12.3. The molecule has 1 aliphatic rings. The second-order valence-electron chi connectivity index (χ2n) is 5.48. The van der Waals surface area contributed by atoms with Crippen LogP contribution in [0, 0.1) is 13.8 Å². The van der Waals surface area contributed by atoms with Crippen LogP contribution in [0.1, 0.15) is 27.2 Å². The molecule has 1 aliphatic heterocycles. The molecule has 0 atom stereocenters. The van der Waals surface area contributed by atoms with E-state index in [0.717, 1.165) is 16.5 Å². The van der Waals surface area contributed by atoms with Crippen LogP contribution in [-0.2, 0) is 0 Å². The molecule has 0 bridgehead atoms. The number of aryl methyl sites for hydroxylation is 2. The maximum atomic E-state index is 12.6. The lowest BCUT2D eigenvalue weighted by atomic mass is 10.0. The smallest absolute Gasteiger partial charge is 0.231 e. The van der Waals surface area contributed by atoms with E-state index in [1.54, 1.807) is 12.1 Å². The molecule has 0 aliphatic carbocycles. The van der Waals surface area contributed by atoms with Gasteiger partial charge < -0.3 is 13.9 Å². The number of ketones is 1. The molecular weight excluding hydrogens is 280 g/mol. The van der Waals surface area contributed by atoms with Crippen LogP contribution in [-0.4, -0.2) is 12.6 Å². The van der Waals surface area contributed by atoms with Crippen LogP contribution in [0.15, 0.2) is 40.8 Å². The molecule has 0 fully saturated rings. The van der Waals surface area contributed by atoms with Crippen LogP contribution in [0.3, 0.4) is 0 Å². The van der Waals surface area contributed by atoms with Crippen molar-refractivity contribution in [2.75, 3.05) is 6.79 Å². The highest BCUT2D eigenvalue weighted by molar-refractivity contribution is 6.09. The summed E-state index contributed by atoms with van der Waals surface area (Å²) in [5, 5.41) is 0.830. The molecule has 4 rings (SSSR count). The van der Waals surface area contributed by atoms with Crippen molar-refractivity contribution in [3.05, 3.63) is 58.8 Å². The minimum atomic E-state index is -0.124. The summed E-state index contributed by atoms with van der Waals surface area (Å²) >= 11 is 0. The van der Waals surface area contributed by atoms with Crippen LogP contribution in [0.2, 0.25) is 0 Å². The lowest BCUT2D eigenvalue weighted by molar-refractivity contribution is 0.101. The standard InChI is InChI=1S/C18H14O4/c1-10-3-4-12(5-11(10)2)18(19)17-7-13-6-15-16(21-9-20-15)8-14(13)22-17/h3-8H,9H2,1-2H3. The first-order chi connectivity index (χ1) is 10.6. The topological polar surface area (TPSA) is 48.7 Å². The van der Waals surface area contributed by atoms with Crippen molar-refractivity contribution in [3.63, 3.8) is 0 Å². The largest absolute Gasteiger partial charge is 0.454 e. The van der Waals surface area contributed by atoms with Gasteiger partial charge in [-0.3, -0.25) is 4.79 Å². The normalized spacial score (nSPS) is 12.8. The van der Waals surface area contributed by atoms with Gasteiger partial charge in [-0.25, -0.2) is 0 Å². The molecule has 110 valence electrons. The van der Waals surface area contributed by atoms with Crippen LogP contribution in [0.25, 0.3) is 11.0 Å². The molecule has 0 N–H and O–H groups in total. The van der Waals surface area contributed by atoms with Crippen molar-refractivity contribution in [3.8, 4) is 11.5 Å². The van der Waals surface area contributed by atoms with Gasteiger partial charge in [0, 0.05) is 17.0 Å². The first-order valence-electron chi connectivity index (χ1n) is 7.07. The summed E-state index contributed by atoms with van der Waals surface area (Å²) < 4.78 is 16.4. The zero-order chi connectivity index (χ0) is 15.3. The molecule has 0 saturated carbocycles. The second kappa shape index (κ2) is 4.63. The maximum Gasteiger partial charge on any atom is 0.231 e. The van der Waals surface area contributed by atoms with Gasteiger partial charge in [0.05, 0.1) is 0 Å². The molecule has 0 amide bonds. The van der Waals surface area contributed by atoms with Gasteiger partial charge in [-0.05, 0) is 43.2 Å². The van der Waals surface area contributed by atoms with Crippen molar-refractivity contribution < 1.29 is 18.7 Å². The van der Waals surface area contributed by atoms with Gasteiger partial charge in [0.25, 0.3) is 0 Å². The predicted molar refractivity (Wildman–Crippen MR) is 81.7 cm³/mol. The number of benzene rings is 2. The highest BCUT2D eigenvalue weighted by atomic mass is 16.7. The number of hydrogen-bond acceptors (Lipinski definition) is 4. The monoisotopic (exact) mass is 294 g/mol. The number of fused-ring (bicyclic) bond motifs is 2. The number of hydrogen-bond donors (Lipinski definition) is 0. The number of ether oxygens (including phenoxy) is 2.